The van der Waals surface area contributed by atoms with Crippen LogP contribution in [-0.2, 0) is 6.42 Å². The Hall–Kier alpha value is -4.96. The van der Waals surface area contributed by atoms with E-state index in [0.29, 0.717) is 0 Å². The summed E-state index contributed by atoms with van der Waals surface area (Å²) in [6.07, 6.45) is 8.51. The van der Waals surface area contributed by atoms with Gasteiger partial charge in [0.2, 0.25) is 0 Å². The van der Waals surface area contributed by atoms with E-state index >= 15 is 0 Å². The van der Waals surface area contributed by atoms with Gasteiger partial charge in [0.25, 0.3) is 0 Å². The summed E-state index contributed by atoms with van der Waals surface area (Å²) in [5.41, 5.74) is 11.9. The predicted molar refractivity (Wildman–Crippen MR) is 160 cm³/mol. The van der Waals surface area contributed by atoms with Crippen LogP contribution in [0.25, 0.3) is 67.4 Å². The molecular weight excluding hydrogens is 464 g/mol. The zero-order valence-corrected chi connectivity index (χ0v) is 21.2. The van der Waals surface area contributed by atoms with Crippen molar-refractivity contribution in [3.05, 3.63) is 121 Å². The van der Waals surface area contributed by atoms with Gasteiger partial charge in [-0.05, 0) is 89.8 Å². The van der Waals surface area contributed by atoms with Gasteiger partial charge in [0.05, 0.1) is 33.1 Å². The van der Waals surface area contributed by atoms with E-state index in [0.717, 1.165) is 67.4 Å². The molecule has 3 aromatic carbocycles. The molecule has 0 bridgehead atoms. The molecule has 0 fully saturated rings. The second kappa shape index (κ2) is 8.56. The minimum atomic E-state index is 0.977. The molecule has 0 saturated carbocycles. The highest BCUT2D eigenvalue weighted by Crippen LogP contribution is 2.35. The van der Waals surface area contributed by atoms with Gasteiger partial charge in [0.15, 0.2) is 0 Å². The number of rotatable bonds is 5. The fourth-order valence-electron chi connectivity index (χ4n) is 5.63. The molecule has 7 rings (SSSR count). The number of hydrogen-bond donors (Lipinski definition) is 0. The Morgan fingerprint density at radius 3 is 1.79 bits per heavy atom. The molecule has 0 saturated heterocycles. The standard InChI is InChI=1S/C34H26N4/c1-4-22-11-13-29-27(19-22)33-31(9-7-15-35-33)37(29)25-17-24(6-3)18-26(21-25)38-30-14-12-23(5-2)20-28(30)34-32(38)10-8-16-36-34/h4,6-21H,1,3,5H2,2H3. The zero-order valence-electron chi connectivity index (χ0n) is 21.2. The number of benzene rings is 3. The molecule has 0 amide bonds. The molecule has 0 aliphatic heterocycles. The molecular formula is C34H26N4. The number of aromatic nitrogens is 4. The molecule has 4 aromatic heterocycles. The largest absolute Gasteiger partial charge is 0.308 e. The van der Waals surface area contributed by atoms with Crippen molar-refractivity contribution >= 4 is 56.0 Å². The second-order valence-corrected chi connectivity index (χ2v) is 9.59. The summed E-state index contributed by atoms with van der Waals surface area (Å²) in [7, 11) is 0. The molecule has 0 unspecified atom stereocenters. The molecule has 0 aliphatic rings. The smallest absolute Gasteiger partial charge is 0.0963 e. The number of hydrogen-bond acceptors (Lipinski definition) is 2. The quantitative estimate of drug-likeness (QED) is 0.242. The normalized spacial score (nSPS) is 11.6. The maximum absolute atomic E-state index is 4.78. The Balaban J connectivity index is 1.57. The average molecular weight is 491 g/mol. The molecule has 38 heavy (non-hydrogen) atoms. The molecule has 4 heterocycles. The molecule has 0 aliphatic carbocycles. The van der Waals surface area contributed by atoms with Crippen LogP contribution in [0.3, 0.4) is 0 Å². The lowest BCUT2D eigenvalue weighted by Gasteiger charge is -2.14. The van der Waals surface area contributed by atoms with Gasteiger partial charge < -0.3 is 9.13 Å². The minimum absolute atomic E-state index is 0.977. The highest BCUT2D eigenvalue weighted by Gasteiger charge is 2.17. The third-order valence-electron chi connectivity index (χ3n) is 7.45. The van der Waals surface area contributed by atoms with Crippen LogP contribution in [0.2, 0.25) is 0 Å². The maximum Gasteiger partial charge on any atom is 0.0963 e. The van der Waals surface area contributed by atoms with Crippen molar-refractivity contribution in [3.63, 3.8) is 0 Å². The van der Waals surface area contributed by atoms with Gasteiger partial charge in [-0.3, -0.25) is 9.97 Å². The van der Waals surface area contributed by atoms with Crippen molar-refractivity contribution in [3.8, 4) is 11.4 Å². The Morgan fingerprint density at radius 1 is 0.632 bits per heavy atom. The average Bonchev–Trinajstić information content (AvgIpc) is 3.49. The fraction of sp³-hybridized carbons (Fsp3) is 0.0588. The minimum Gasteiger partial charge on any atom is -0.308 e. The number of aryl methyl sites for hydroxylation is 1. The van der Waals surface area contributed by atoms with Crippen LogP contribution in [0, 0.1) is 0 Å². The summed E-state index contributed by atoms with van der Waals surface area (Å²) < 4.78 is 4.61. The monoisotopic (exact) mass is 490 g/mol. The van der Waals surface area contributed by atoms with Crippen LogP contribution in [0.4, 0.5) is 0 Å². The van der Waals surface area contributed by atoms with E-state index in [4.69, 9.17) is 9.97 Å². The highest BCUT2D eigenvalue weighted by molar-refractivity contribution is 6.09. The van der Waals surface area contributed by atoms with Gasteiger partial charge in [-0.15, -0.1) is 0 Å². The van der Waals surface area contributed by atoms with Crippen molar-refractivity contribution in [2.45, 2.75) is 13.3 Å². The number of pyridine rings is 2. The van der Waals surface area contributed by atoms with E-state index < -0.39 is 0 Å². The summed E-state index contributed by atoms with van der Waals surface area (Å²) in [6.45, 7) is 10.3. The van der Waals surface area contributed by atoms with E-state index in [1.54, 1.807) is 0 Å². The van der Waals surface area contributed by atoms with E-state index in [1.807, 2.05) is 36.7 Å². The van der Waals surface area contributed by atoms with E-state index in [9.17, 15) is 0 Å². The Bertz CT molecular complexity index is 2050. The summed E-state index contributed by atoms with van der Waals surface area (Å²) in [6, 6.07) is 28.0. The predicted octanol–water partition coefficient (Wildman–Crippen LogP) is 8.52. The Morgan fingerprint density at radius 2 is 1.21 bits per heavy atom. The first-order chi connectivity index (χ1) is 18.7. The van der Waals surface area contributed by atoms with Gasteiger partial charge in [-0.2, -0.15) is 0 Å². The van der Waals surface area contributed by atoms with Crippen LogP contribution in [0.1, 0.15) is 23.6 Å². The summed E-state index contributed by atoms with van der Waals surface area (Å²) >= 11 is 0. The van der Waals surface area contributed by atoms with E-state index in [2.05, 4.69) is 95.9 Å². The summed E-state index contributed by atoms with van der Waals surface area (Å²) in [5, 5.41) is 2.28. The summed E-state index contributed by atoms with van der Waals surface area (Å²) in [4.78, 5) is 9.54. The third kappa shape index (κ3) is 3.24. The van der Waals surface area contributed by atoms with Crippen molar-refractivity contribution in [2.75, 3.05) is 0 Å². The SMILES string of the molecule is C=Cc1cc(-n2c3ccc(C=C)cc3c3ncccc32)cc(-n2c3ccc(CC)cc3c3ncccc32)c1. The van der Waals surface area contributed by atoms with Gasteiger partial charge in [-0.1, -0.05) is 44.4 Å². The van der Waals surface area contributed by atoms with Crippen LogP contribution in [0.15, 0.2) is 104 Å². The van der Waals surface area contributed by atoms with Gasteiger partial charge in [0.1, 0.15) is 0 Å². The molecule has 7 aromatic rings. The molecule has 0 radical (unpaired) electrons. The maximum atomic E-state index is 4.78. The van der Waals surface area contributed by atoms with Crippen LogP contribution in [0.5, 0.6) is 0 Å². The van der Waals surface area contributed by atoms with Gasteiger partial charge in [0, 0.05) is 34.5 Å². The van der Waals surface area contributed by atoms with Gasteiger partial charge >= 0.3 is 0 Å². The Labute approximate surface area is 220 Å². The third-order valence-corrected chi connectivity index (χ3v) is 7.45. The first kappa shape index (κ1) is 22.3. The molecule has 0 atom stereocenters. The van der Waals surface area contributed by atoms with Crippen LogP contribution < -0.4 is 0 Å². The Kier molecular flexibility index (Phi) is 5.02. The van der Waals surface area contributed by atoms with Crippen molar-refractivity contribution in [1.29, 1.82) is 0 Å². The highest BCUT2D eigenvalue weighted by atomic mass is 15.0. The van der Waals surface area contributed by atoms with Crippen molar-refractivity contribution < 1.29 is 0 Å². The fourth-order valence-corrected chi connectivity index (χ4v) is 5.63. The lowest BCUT2D eigenvalue weighted by molar-refractivity contribution is 1.12. The van der Waals surface area contributed by atoms with Crippen molar-refractivity contribution in [2.24, 2.45) is 0 Å². The lowest BCUT2D eigenvalue weighted by Crippen LogP contribution is -2.00. The van der Waals surface area contributed by atoms with Crippen LogP contribution in [-0.4, -0.2) is 19.1 Å². The molecule has 4 nitrogen and oxygen atoms in total. The second-order valence-electron chi connectivity index (χ2n) is 9.59. The number of fused-ring (bicyclic) bond motifs is 6. The topological polar surface area (TPSA) is 35.6 Å². The van der Waals surface area contributed by atoms with Crippen molar-refractivity contribution in [1.82, 2.24) is 19.1 Å². The molecule has 0 N–H and O–H groups in total. The first-order valence-corrected chi connectivity index (χ1v) is 12.9. The van der Waals surface area contributed by atoms with Crippen LogP contribution >= 0.6 is 0 Å². The van der Waals surface area contributed by atoms with Gasteiger partial charge in [-0.25, -0.2) is 0 Å². The number of nitrogens with zero attached hydrogens (tertiary/aromatic N) is 4. The van der Waals surface area contributed by atoms with E-state index in [1.165, 1.54) is 10.9 Å². The molecule has 0 spiro atoms. The molecule has 182 valence electrons. The zero-order chi connectivity index (χ0) is 25.8. The first-order valence-electron chi connectivity index (χ1n) is 12.9. The summed E-state index contributed by atoms with van der Waals surface area (Å²) in [5.74, 6) is 0. The molecule has 4 heteroatoms. The van der Waals surface area contributed by atoms with E-state index in [-0.39, 0.29) is 0 Å². The lowest BCUT2D eigenvalue weighted by atomic mass is 10.1.